The highest BCUT2D eigenvalue weighted by Crippen LogP contribution is 2.29. The maximum absolute atomic E-state index is 14.2. The molecule has 0 amide bonds. The molecule has 20 heavy (non-hydrogen) atoms. The Kier molecular flexibility index (Phi) is 3.74. The minimum atomic E-state index is -0.664. The zero-order valence-electron chi connectivity index (χ0n) is 10.7. The molecule has 0 bridgehead atoms. The van der Waals surface area contributed by atoms with Crippen molar-refractivity contribution < 1.29 is 9.40 Å². The minimum Gasteiger partial charge on any atom is -0.378 e. The maximum Gasteiger partial charge on any atom is 0.332 e. The highest BCUT2D eigenvalue weighted by atomic mass is 19.2. The summed E-state index contributed by atoms with van der Waals surface area (Å²) in [5.74, 6) is -0.674. The van der Waals surface area contributed by atoms with Crippen molar-refractivity contribution in [1.82, 2.24) is 9.97 Å². The molecule has 1 aromatic heterocycles. The molecule has 0 atom stereocenters. The lowest BCUT2D eigenvalue weighted by molar-refractivity contribution is -0.385. The van der Waals surface area contributed by atoms with E-state index < -0.39 is 4.92 Å². The molecule has 2 aromatic rings. The molecule has 1 heterocycles. The van der Waals surface area contributed by atoms with Gasteiger partial charge in [0.1, 0.15) is 5.69 Å². The molecule has 0 radical (unpaired) electrons. The van der Waals surface area contributed by atoms with Crippen LogP contribution >= 0.6 is 0 Å². The van der Waals surface area contributed by atoms with Gasteiger partial charge in [-0.3, -0.25) is 10.1 Å². The monoisotopic (exact) mass is 277 g/mol. The number of benzene rings is 1. The zero-order chi connectivity index (χ0) is 14.7. The molecular weight excluding hydrogens is 265 g/mol. The topological polar surface area (TPSA) is 98.2 Å². The van der Waals surface area contributed by atoms with Crippen LogP contribution in [0.15, 0.2) is 30.3 Å². The summed E-state index contributed by atoms with van der Waals surface area (Å²) in [4.78, 5) is 17.8. The summed E-state index contributed by atoms with van der Waals surface area (Å²) in [6.07, 6.45) is 0.249. The molecule has 0 aliphatic carbocycles. The summed E-state index contributed by atoms with van der Waals surface area (Å²) in [5, 5.41) is 11.1. The molecule has 0 fully saturated rings. The van der Waals surface area contributed by atoms with Gasteiger partial charge in [-0.2, -0.15) is 4.98 Å². The van der Waals surface area contributed by atoms with Crippen molar-refractivity contribution in [2.75, 3.05) is 10.9 Å². The van der Waals surface area contributed by atoms with Crippen LogP contribution in [-0.2, 0) is 6.42 Å². The molecule has 0 aliphatic heterocycles. The third kappa shape index (κ3) is 2.48. The summed E-state index contributed by atoms with van der Waals surface area (Å²) in [6.45, 7) is 1.67. The average Bonchev–Trinajstić information content (AvgIpc) is 2.46. The Morgan fingerprint density at radius 1 is 1.35 bits per heavy atom. The fourth-order valence-corrected chi connectivity index (χ4v) is 1.71. The maximum atomic E-state index is 14.2. The van der Waals surface area contributed by atoms with Crippen molar-refractivity contribution in [3.05, 3.63) is 46.1 Å². The fraction of sp³-hybridized carbons (Fsp3) is 0.167. The van der Waals surface area contributed by atoms with Gasteiger partial charge >= 0.3 is 5.69 Å². The first kappa shape index (κ1) is 13.7. The van der Waals surface area contributed by atoms with Crippen LogP contribution < -0.4 is 10.9 Å². The molecule has 104 valence electrons. The lowest BCUT2D eigenvalue weighted by Crippen LogP contribution is -2.13. The molecule has 0 spiro atoms. The predicted molar refractivity (Wildman–Crippen MR) is 72.2 cm³/mol. The number of hydrogen-bond acceptors (Lipinski definition) is 6. The SMILES string of the molecule is CCc1nc(N(F)c2ccccc2)nc(N)c1[N+](=O)[O-]. The van der Waals surface area contributed by atoms with Gasteiger partial charge in [-0.25, -0.2) is 4.98 Å². The van der Waals surface area contributed by atoms with E-state index in [4.69, 9.17) is 5.73 Å². The predicted octanol–water partition coefficient (Wildman–Crippen LogP) is 2.55. The van der Waals surface area contributed by atoms with Crippen molar-refractivity contribution in [3.8, 4) is 0 Å². The first-order valence-corrected chi connectivity index (χ1v) is 5.86. The van der Waals surface area contributed by atoms with Crippen LogP contribution in [0.3, 0.4) is 0 Å². The lowest BCUT2D eigenvalue weighted by Gasteiger charge is -2.13. The number of nitrogens with zero attached hydrogens (tertiary/aromatic N) is 4. The number of nitrogens with two attached hydrogens (primary N) is 1. The number of anilines is 3. The number of aryl methyl sites for hydroxylation is 1. The van der Waals surface area contributed by atoms with Gasteiger partial charge in [-0.1, -0.05) is 29.6 Å². The molecule has 1 aromatic carbocycles. The molecule has 8 heteroatoms. The highest BCUT2D eigenvalue weighted by molar-refractivity contribution is 5.61. The number of rotatable bonds is 4. The van der Waals surface area contributed by atoms with E-state index in [-0.39, 0.29) is 40.4 Å². The van der Waals surface area contributed by atoms with Crippen LogP contribution in [0.1, 0.15) is 12.6 Å². The highest BCUT2D eigenvalue weighted by Gasteiger charge is 2.24. The van der Waals surface area contributed by atoms with E-state index in [1.54, 1.807) is 25.1 Å². The molecule has 0 saturated carbocycles. The van der Waals surface area contributed by atoms with Gasteiger partial charge in [0.2, 0.25) is 5.82 Å². The molecule has 0 unspecified atom stereocenters. The van der Waals surface area contributed by atoms with Gasteiger partial charge in [0, 0.05) is 0 Å². The van der Waals surface area contributed by atoms with Crippen LogP contribution in [0.4, 0.5) is 27.6 Å². The first-order chi connectivity index (χ1) is 9.54. The number of nitro groups is 1. The van der Waals surface area contributed by atoms with Gasteiger partial charge in [0.05, 0.1) is 10.6 Å². The van der Waals surface area contributed by atoms with Crippen LogP contribution in [0.5, 0.6) is 0 Å². The second-order valence-electron chi connectivity index (χ2n) is 3.93. The van der Waals surface area contributed by atoms with E-state index in [1.807, 2.05) is 0 Å². The van der Waals surface area contributed by atoms with E-state index >= 15 is 0 Å². The third-order valence-corrected chi connectivity index (χ3v) is 2.65. The molecule has 2 rings (SSSR count). The Balaban J connectivity index is 2.49. The van der Waals surface area contributed by atoms with E-state index in [0.29, 0.717) is 0 Å². The van der Waals surface area contributed by atoms with Gasteiger partial charge in [0.25, 0.3) is 5.95 Å². The van der Waals surface area contributed by atoms with Gasteiger partial charge in [-0.15, -0.1) is 5.12 Å². The average molecular weight is 277 g/mol. The second-order valence-corrected chi connectivity index (χ2v) is 3.93. The number of hydrogen-bond donors (Lipinski definition) is 1. The summed E-state index contributed by atoms with van der Waals surface area (Å²) in [5.41, 5.74) is 5.46. The smallest absolute Gasteiger partial charge is 0.332 e. The first-order valence-electron chi connectivity index (χ1n) is 5.86. The molecule has 7 nitrogen and oxygen atoms in total. The number of aromatic nitrogens is 2. The quantitative estimate of drug-likeness (QED) is 0.524. The Morgan fingerprint density at radius 3 is 2.55 bits per heavy atom. The Hall–Kier alpha value is -2.77. The zero-order valence-corrected chi connectivity index (χ0v) is 10.7. The van der Waals surface area contributed by atoms with Crippen LogP contribution in [0.25, 0.3) is 0 Å². The summed E-state index contributed by atoms with van der Waals surface area (Å²) >= 11 is 0. The van der Waals surface area contributed by atoms with E-state index in [1.165, 1.54) is 12.1 Å². The van der Waals surface area contributed by atoms with Crippen molar-refractivity contribution in [2.45, 2.75) is 13.3 Å². The second kappa shape index (κ2) is 5.47. The molecule has 2 N–H and O–H groups in total. The largest absolute Gasteiger partial charge is 0.378 e. The molecular formula is C12H12FN5O2. The lowest BCUT2D eigenvalue weighted by atomic mass is 10.2. The molecule has 0 saturated heterocycles. The Bertz CT molecular complexity index is 635. The van der Waals surface area contributed by atoms with E-state index in [9.17, 15) is 14.6 Å². The summed E-state index contributed by atoms with van der Waals surface area (Å²) < 4.78 is 14.2. The standard InChI is InChI=1S/C12H12FN5O2/c1-2-9-10(18(19)20)11(14)16-12(15-9)17(13)8-6-4-3-5-7-8/h3-7H,2H2,1H3,(H2,14,15,16). The van der Waals surface area contributed by atoms with Crippen molar-refractivity contribution in [2.24, 2.45) is 0 Å². The number of halogens is 1. The van der Waals surface area contributed by atoms with Crippen molar-refractivity contribution in [1.29, 1.82) is 0 Å². The normalized spacial score (nSPS) is 10.3. The Morgan fingerprint density at radius 2 is 2.00 bits per heavy atom. The Labute approximate surface area is 114 Å². The van der Waals surface area contributed by atoms with Crippen molar-refractivity contribution in [3.63, 3.8) is 0 Å². The minimum absolute atomic E-state index is 0.0936. The van der Waals surface area contributed by atoms with Crippen LogP contribution in [-0.4, -0.2) is 14.9 Å². The van der Waals surface area contributed by atoms with Gasteiger partial charge in [-0.05, 0) is 18.6 Å². The summed E-state index contributed by atoms with van der Waals surface area (Å²) in [6, 6.07) is 8.08. The number of para-hydroxylation sites is 1. The number of nitrogen functional groups attached to an aromatic ring is 1. The summed E-state index contributed by atoms with van der Waals surface area (Å²) in [7, 11) is 0. The fourth-order valence-electron chi connectivity index (χ4n) is 1.71. The van der Waals surface area contributed by atoms with Crippen LogP contribution in [0.2, 0.25) is 0 Å². The van der Waals surface area contributed by atoms with Crippen LogP contribution in [0, 0.1) is 10.1 Å². The van der Waals surface area contributed by atoms with Crippen molar-refractivity contribution >= 4 is 23.1 Å². The van der Waals surface area contributed by atoms with Gasteiger partial charge < -0.3 is 5.73 Å². The van der Waals surface area contributed by atoms with E-state index in [2.05, 4.69) is 9.97 Å². The molecule has 0 aliphatic rings. The van der Waals surface area contributed by atoms with E-state index in [0.717, 1.165) is 0 Å². The third-order valence-electron chi connectivity index (χ3n) is 2.65. The van der Waals surface area contributed by atoms with Gasteiger partial charge in [0.15, 0.2) is 0 Å².